The minimum absolute atomic E-state index is 0.197. The Morgan fingerprint density at radius 2 is 1.74 bits per heavy atom. The Bertz CT molecular complexity index is 1490. The third kappa shape index (κ3) is 8.24. The lowest BCUT2D eigenvalue weighted by atomic mass is 9.99. The summed E-state index contributed by atoms with van der Waals surface area (Å²) in [5.41, 5.74) is 4.70. The molecule has 0 aliphatic carbocycles. The first-order chi connectivity index (χ1) is 20.1. The number of nitrogens with zero attached hydrogens (tertiary/aromatic N) is 4. The van der Waals surface area contributed by atoms with Gasteiger partial charge in [0.15, 0.2) is 0 Å². The standard InChI is InChI=1S/C33H39N5O3S/c1-22(2)27-16-28(18-34-17-27)37(4)19-30(39)29(14-24-10-7-6-8-11-24)36-32(40)25-12-9-13-26(15-25)33(41)38(5)20-31-35-23(3)21-42-31/h6-13,15-18,21-22,29-30,39H,14,19-20H2,1-5H3,(H,36,40). The molecule has 0 radical (unpaired) electrons. The van der Waals surface area contributed by atoms with Crippen LogP contribution in [0.4, 0.5) is 5.69 Å². The summed E-state index contributed by atoms with van der Waals surface area (Å²) in [6.45, 7) is 6.83. The van der Waals surface area contributed by atoms with E-state index < -0.39 is 12.1 Å². The molecule has 2 aromatic heterocycles. The van der Waals surface area contributed by atoms with E-state index in [1.807, 2.05) is 60.8 Å². The van der Waals surface area contributed by atoms with Gasteiger partial charge < -0.3 is 20.2 Å². The zero-order chi connectivity index (χ0) is 30.2. The molecule has 0 fully saturated rings. The number of amides is 2. The lowest BCUT2D eigenvalue weighted by Crippen LogP contribution is -2.49. The average molecular weight is 586 g/mol. The first-order valence-corrected chi connectivity index (χ1v) is 14.9. The number of aryl methyl sites for hydroxylation is 1. The number of carbonyl (C=O) groups is 2. The van der Waals surface area contributed by atoms with E-state index in [0.717, 1.165) is 27.5 Å². The first kappa shape index (κ1) is 30.9. The molecular weight excluding hydrogens is 546 g/mol. The molecule has 2 unspecified atom stereocenters. The summed E-state index contributed by atoms with van der Waals surface area (Å²) >= 11 is 1.51. The predicted octanol–water partition coefficient (Wildman–Crippen LogP) is 5.08. The van der Waals surface area contributed by atoms with E-state index in [0.29, 0.717) is 36.6 Å². The number of aliphatic hydroxyl groups excluding tert-OH is 1. The second-order valence-corrected chi connectivity index (χ2v) is 11.9. The van der Waals surface area contributed by atoms with E-state index in [4.69, 9.17) is 0 Å². The predicted molar refractivity (Wildman–Crippen MR) is 168 cm³/mol. The molecular formula is C33H39N5O3S. The Labute approximate surface area is 252 Å². The zero-order valence-corrected chi connectivity index (χ0v) is 25.6. The second-order valence-electron chi connectivity index (χ2n) is 11.0. The summed E-state index contributed by atoms with van der Waals surface area (Å²) in [7, 11) is 3.63. The zero-order valence-electron chi connectivity index (χ0n) is 24.8. The van der Waals surface area contributed by atoms with Crippen LogP contribution in [0.1, 0.15) is 62.3 Å². The fourth-order valence-electron chi connectivity index (χ4n) is 4.65. The molecule has 0 aliphatic heterocycles. The molecule has 0 bridgehead atoms. The van der Waals surface area contributed by atoms with Crippen molar-refractivity contribution in [2.75, 3.05) is 25.5 Å². The van der Waals surface area contributed by atoms with Gasteiger partial charge in [-0.2, -0.15) is 0 Å². The van der Waals surface area contributed by atoms with Gasteiger partial charge in [0.1, 0.15) is 5.01 Å². The molecule has 2 heterocycles. The van der Waals surface area contributed by atoms with Crippen molar-refractivity contribution in [1.82, 2.24) is 20.2 Å². The molecule has 42 heavy (non-hydrogen) atoms. The van der Waals surface area contributed by atoms with Crippen molar-refractivity contribution in [1.29, 1.82) is 0 Å². The van der Waals surface area contributed by atoms with Crippen molar-refractivity contribution in [3.8, 4) is 0 Å². The number of thiazole rings is 1. The number of benzene rings is 2. The fraction of sp³-hybridized carbons (Fsp3) is 0.333. The Morgan fingerprint density at radius 1 is 1.00 bits per heavy atom. The minimum Gasteiger partial charge on any atom is -0.389 e. The van der Waals surface area contributed by atoms with Gasteiger partial charge in [0.2, 0.25) is 0 Å². The van der Waals surface area contributed by atoms with Gasteiger partial charge >= 0.3 is 0 Å². The second kappa shape index (κ2) is 14.2. The van der Waals surface area contributed by atoms with Crippen molar-refractivity contribution < 1.29 is 14.7 Å². The van der Waals surface area contributed by atoms with Crippen LogP contribution in [-0.2, 0) is 13.0 Å². The highest BCUT2D eigenvalue weighted by molar-refractivity contribution is 7.09. The van der Waals surface area contributed by atoms with Gasteiger partial charge in [0.05, 0.1) is 30.6 Å². The maximum absolute atomic E-state index is 13.5. The quantitative estimate of drug-likeness (QED) is 0.241. The highest BCUT2D eigenvalue weighted by Crippen LogP contribution is 2.20. The molecule has 0 aliphatic rings. The maximum Gasteiger partial charge on any atom is 0.253 e. The molecule has 2 N–H and O–H groups in total. The van der Waals surface area contributed by atoms with Crippen molar-refractivity contribution in [3.63, 3.8) is 0 Å². The van der Waals surface area contributed by atoms with E-state index >= 15 is 0 Å². The molecule has 4 rings (SSSR count). The molecule has 0 saturated heterocycles. The van der Waals surface area contributed by atoms with Gasteiger partial charge in [0, 0.05) is 49.0 Å². The summed E-state index contributed by atoms with van der Waals surface area (Å²) in [5.74, 6) is -0.217. The number of nitrogens with one attached hydrogen (secondary N) is 1. The van der Waals surface area contributed by atoms with Crippen LogP contribution in [-0.4, -0.2) is 64.6 Å². The number of anilines is 1. The van der Waals surface area contributed by atoms with Gasteiger partial charge in [-0.3, -0.25) is 14.6 Å². The SMILES string of the molecule is Cc1csc(CN(C)C(=O)c2cccc(C(=O)NC(Cc3ccccc3)C(O)CN(C)c3cncc(C(C)C)c3)c2)n1. The molecule has 220 valence electrons. The number of likely N-dealkylation sites (N-methyl/N-ethyl adjacent to an activating group) is 1. The van der Waals surface area contributed by atoms with Crippen LogP contribution in [0.15, 0.2) is 78.4 Å². The fourth-order valence-corrected chi connectivity index (χ4v) is 5.47. The Kier molecular flexibility index (Phi) is 10.4. The number of hydrogen-bond acceptors (Lipinski definition) is 7. The van der Waals surface area contributed by atoms with E-state index in [9.17, 15) is 14.7 Å². The molecule has 4 aromatic rings. The summed E-state index contributed by atoms with van der Waals surface area (Å²) in [5, 5.41) is 17.2. The van der Waals surface area contributed by atoms with Crippen molar-refractivity contribution in [2.45, 2.75) is 51.8 Å². The number of pyridine rings is 1. The Balaban J connectivity index is 1.49. The van der Waals surface area contributed by atoms with Crippen LogP contribution in [0.5, 0.6) is 0 Å². The van der Waals surface area contributed by atoms with Crippen molar-refractivity contribution in [2.24, 2.45) is 0 Å². The number of aliphatic hydroxyl groups is 1. The minimum atomic E-state index is -0.875. The average Bonchev–Trinajstić information content (AvgIpc) is 3.40. The van der Waals surface area contributed by atoms with Crippen LogP contribution in [0, 0.1) is 6.92 Å². The van der Waals surface area contributed by atoms with Crippen LogP contribution >= 0.6 is 11.3 Å². The highest BCUT2D eigenvalue weighted by Gasteiger charge is 2.25. The van der Waals surface area contributed by atoms with Gasteiger partial charge in [0.25, 0.3) is 11.8 Å². The molecule has 2 amide bonds. The van der Waals surface area contributed by atoms with Crippen LogP contribution in [0.2, 0.25) is 0 Å². The van der Waals surface area contributed by atoms with Crippen LogP contribution in [0.25, 0.3) is 0 Å². The number of hydrogen-bond donors (Lipinski definition) is 2. The number of rotatable bonds is 12. The summed E-state index contributed by atoms with van der Waals surface area (Å²) in [4.78, 5) is 39.0. The normalized spacial score (nSPS) is 12.5. The first-order valence-electron chi connectivity index (χ1n) is 14.1. The van der Waals surface area contributed by atoms with Gasteiger partial charge in [-0.25, -0.2) is 4.98 Å². The largest absolute Gasteiger partial charge is 0.389 e. The van der Waals surface area contributed by atoms with Crippen LogP contribution in [0.3, 0.4) is 0 Å². The number of carbonyl (C=O) groups excluding carboxylic acids is 2. The van der Waals surface area contributed by atoms with Gasteiger partial charge in [-0.15, -0.1) is 11.3 Å². The third-order valence-corrected chi connectivity index (χ3v) is 8.10. The van der Waals surface area contributed by atoms with Gasteiger partial charge in [-0.1, -0.05) is 50.2 Å². The highest BCUT2D eigenvalue weighted by atomic mass is 32.1. The summed E-state index contributed by atoms with van der Waals surface area (Å²) < 4.78 is 0. The Hall–Kier alpha value is -4.08. The summed E-state index contributed by atoms with van der Waals surface area (Å²) in [6.07, 6.45) is 3.20. The lowest BCUT2D eigenvalue weighted by molar-refractivity contribution is 0.0784. The molecule has 2 atom stereocenters. The topological polar surface area (TPSA) is 98.7 Å². The van der Waals surface area contributed by atoms with E-state index in [1.54, 1.807) is 42.4 Å². The molecule has 8 nitrogen and oxygen atoms in total. The lowest BCUT2D eigenvalue weighted by Gasteiger charge is -2.29. The monoisotopic (exact) mass is 585 g/mol. The molecule has 0 saturated carbocycles. The van der Waals surface area contributed by atoms with E-state index in [-0.39, 0.29) is 11.8 Å². The van der Waals surface area contributed by atoms with E-state index in [1.165, 1.54) is 11.3 Å². The molecule has 9 heteroatoms. The maximum atomic E-state index is 13.5. The number of aromatic nitrogens is 2. The van der Waals surface area contributed by atoms with Crippen LogP contribution < -0.4 is 10.2 Å². The molecule has 0 spiro atoms. The Morgan fingerprint density at radius 3 is 2.43 bits per heavy atom. The smallest absolute Gasteiger partial charge is 0.253 e. The van der Waals surface area contributed by atoms with E-state index in [2.05, 4.69) is 35.2 Å². The van der Waals surface area contributed by atoms with Gasteiger partial charge in [-0.05, 0) is 54.7 Å². The van der Waals surface area contributed by atoms with Crippen molar-refractivity contribution >= 4 is 28.8 Å². The van der Waals surface area contributed by atoms with Crippen molar-refractivity contribution in [3.05, 3.63) is 111 Å². The third-order valence-electron chi connectivity index (χ3n) is 7.15. The molecule has 2 aromatic carbocycles. The summed E-state index contributed by atoms with van der Waals surface area (Å²) in [6, 6.07) is 18.0.